The lowest BCUT2D eigenvalue weighted by molar-refractivity contribution is -0.141. The Kier molecular flexibility index (Phi) is 5.04. The second-order valence-corrected chi connectivity index (χ2v) is 3.94. The molecule has 2 unspecified atom stereocenters. The van der Waals surface area contributed by atoms with Crippen LogP contribution < -0.4 is 10.6 Å². The molecule has 0 saturated heterocycles. The molecule has 18 heavy (non-hydrogen) atoms. The fraction of sp³-hybridized carbons (Fsp3) is 0.455. The highest BCUT2D eigenvalue weighted by molar-refractivity contribution is 5.76. The number of carboxylic acids is 1. The average Bonchev–Trinajstić information content (AvgIpc) is 2.36. The number of hydrogen-bond donors (Lipinski definition) is 3. The molecule has 1 aromatic rings. The molecule has 7 nitrogen and oxygen atoms in total. The number of carboxylic acid groups (broad SMARTS) is 1. The van der Waals surface area contributed by atoms with Crippen LogP contribution in [-0.2, 0) is 11.3 Å². The summed E-state index contributed by atoms with van der Waals surface area (Å²) in [6.07, 6.45) is 2.97. The molecule has 0 aliphatic carbocycles. The number of nitrogens with one attached hydrogen (secondary N) is 2. The fourth-order valence-corrected chi connectivity index (χ4v) is 1.19. The van der Waals surface area contributed by atoms with E-state index in [4.69, 9.17) is 5.11 Å². The first-order chi connectivity index (χ1) is 8.50. The van der Waals surface area contributed by atoms with Gasteiger partial charge in [0.25, 0.3) is 0 Å². The number of aliphatic carboxylic acids is 1. The number of rotatable bonds is 5. The van der Waals surface area contributed by atoms with Crippen LogP contribution in [0.5, 0.6) is 0 Å². The van der Waals surface area contributed by atoms with Crippen LogP contribution in [0.4, 0.5) is 4.79 Å². The highest BCUT2D eigenvalue weighted by Gasteiger charge is 2.20. The third kappa shape index (κ3) is 4.36. The summed E-state index contributed by atoms with van der Waals surface area (Å²) in [4.78, 5) is 29.9. The van der Waals surface area contributed by atoms with E-state index < -0.39 is 24.0 Å². The van der Waals surface area contributed by atoms with Gasteiger partial charge in [-0.2, -0.15) is 0 Å². The van der Waals surface area contributed by atoms with E-state index in [2.05, 4.69) is 20.6 Å². The Morgan fingerprint density at radius 2 is 2.17 bits per heavy atom. The summed E-state index contributed by atoms with van der Waals surface area (Å²) in [7, 11) is 0. The van der Waals surface area contributed by atoms with Crippen molar-refractivity contribution in [1.29, 1.82) is 0 Å². The third-order valence-corrected chi connectivity index (χ3v) is 2.57. The number of hydrogen-bond acceptors (Lipinski definition) is 4. The van der Waals surface area contributed by atoms with Crippen LogP contribution in [0.1, 0.15) is 19.5 Å². The molecule has 0 aliphatic heterocycles. The smallest absolute Gasteiger partial charge is 0.315 e. The highest BCUT2D eigenvalue weighted by Crippen LogP contribution is 2.01. The Morgan fingerprint density at radius 1 is 1.44 bits per heavy atom. The van der Waals surface area contributed by atoms with Crippen LogP contribution in [-0.4, -0.2) is 33.1 Å². The molecule has 0 aliphatic rings. The molecule has 0 bridgehead atoms. The van der Waals surface area contributed by atoms with Crippen molar-refractivity contribution in [3.8, 4) is 0 Å². The van der Waals surface area contributed by atoms with Gasteiger partial charge in [-0.05, 0) is 19.9 Å². The van der Waals surface area contributed by atoms with Crippen molar-refractivity contribution in [2.45, 2.75) is 26.4 Å². The van der Waals surface area contributed by atoms with Gasteiger partial charge in [0.1, 0.15) is 6.33 Å². The molecule has 3 N–H and O–H groups in total. The Hall–Kier alpha value is -2.18. The predicted octanol–water partition coefficient (Wildman–Crippen LogP) is 0.385. The molecule has 2 atom stereocenters. The minimum Gasteiger partial charge on any atom is -0.481 e. The minimum absolute atomic E-state index is 0.266. The molecule has 0 radical (unpaired) electrons. The summed E-state index contributed by atoms with van der Waals surface area (Å²) >= 11 is 0. The fourth-order valence-electron chi connectivity index (χ4n) is 1.19. The van der Waals surface area contributed by atoms with E-state index in [1.54, 1.807) is 19.2 Å². The standard InChI is InChI=1S/C11H16N4O3/c1-7(10(16)17)8(2)15-11(18)13-5-9-3-4-12-6-14-9/h3-4,6-8H,5H2,1-2H3,(H,16,17)(H2,13,15,18). The van der Waals surface area contributed by atoms with E-state index in [0.29, 0.717) is 5.69 Å². The van der Waals surface area contributed by atoms with Crippen LogP contribution in [0, 0.1) is 5.92 Å². The second-order valence-electron chi connectivity index (χ2n) is 3.94. The zero-order valence-electron chi connectivity index (χ0n) is 10.3. The summed E-state index contributed by atoms with van der Waals surface area (Å²) in [5.41, 5.74) is 0.680. The summed E-state index contributed by atoms with van der Waals surface area (Å²) < 4.78 is 0. The number of nitrogens with zero attached hydrogens (tertiary/aromatic N) is 2. The Balaban J connectivity index is 2.36. The van der Waals surface area contributed by atoms with Gasteiger partial charge in [-0.1, -0.05) is 0 Å². The van der Waals surface area contributed by atoms with Crippen molar-refractivity contribution >= 4 is 12.0 Å². The predicted molar refractivity (Wildman–Crippen MR) is 63.7 cm³/mol. The maximum Gasteiger partial charge on any atom is 0.315 e. The topological polar surface area (TPSA) is 104 Å². The molecule has 0 saturated carbocycles. The van der Waals surface area contributed by atoms with Crippen molar-refractivity contribution < 1.29 is 14.7 Å². The van der Waals surface area contributed by atoms with Gasteiger partial charge in [0, 0.05) is 12.2 Å². The molecule has 0 fully saturated rings. The Bertz CT molecular complexity index is 410. The number of carbonyl (C=O) groups excluding carboxylic acids is 1. The van der Waals surface area contributed by atoms with Gasteiger partial charge in [-0.25, -0.2) is 14.8 Å². The lowest BCUT2D eigenvalue weighted by Gasteiger charge is -2.17. The van der Waals surface area contributed by atoms with Crippen molar-refractivity contribution in [2.75, 3.05) is 0 Å². The number of carbonyl (C=O) groups is 2. The monoisotopic (exact) mass is 252 g/mol. The molecule has 1 aromatic heterocycles. The highest BCUT2D eigenvalue weighted by atomic mass is 16.4. The third-order valence-electron chi connectivity index (χ3n) is 2.57. The van der Waals surface area contributed by atoms with Crippen molar-refractivity contribution in [3.05, 3.63) is 24.3 Å². The largest absolute Gasteiger partial charge is 0.481 e. The van der Waals surface area contributed by atoms with E-state index in [9.17, 15) is 9.59 Å². The lowest BCUT2D eigenvalue weighted by atomic mass is 10.0. The van der Waals surface area contributed by atoms with Gasteiger partial charge in [-0.3, -0.25) is 4.79 Å². The SMILES string of the molecule is CC(NC(=O)NCc1ccncn1)C(C)C(=O)O. The molecule has 2 amide bonds. The normalized spacial score (nSPS) is 13.4. The van der Waals surface area contributed by atoms with E-state index in [1.807, 2.05) is 0 Å². The van der Waals surface area contributed by atoms with Crippen LogP contribution in [0.2, 0.25) is 0 Å². The quantitative estimate of drug-likeness (QED) is 0.703. The zero-order chi connectivity index (χ0) is 13.5. The van der Waals surface area contributed by atoms with Crippen molar-refractivity contribution in [1.82, 2.24) is 20.6 Å². The number of aromatic nitrogens is 2. The van der Waals surface area contributed by atoms with E-state index in [0.717, 1.165) is 0 Å². The zero-order valence-corrected chi connectivity index (χ0v) is 10.3. The minimum atomic E-state index is -0.946. The maximum absolute atomic E-state index is 11.5. The van der Waals surface area contributed by atoms with E-state index >= 15 is 0 Å². The first-order valence-corrected chi connectivity index (χ1v) is 5.52. The molecule has 7 heteroatoms. The molecule has 1 rings (SSSR count). The average molecular weight is 252 g/mol. The van der Waals surface area contributed by atoms with Crippen molar-refractivity contribution in [2.24, 2.45) is 5.92 Å². The lowest BCUT2D eigenvalue weighted by Crippen LogP contribution is -2.45. The molecule has 0 aromatic carbocycles. The summed E-state index contributed by atoms with van der Waals surface area (Å²) in [5, 5.41) is 13.9. The molecule has 98 valence electrons. The van der Waals surface area contributed by atoms with Crippen LogP contribution in [0.15, 0.2) is 18.6 Å². The summed E-state index contributed by atoms with van der Waals surface area (Å²) in [6, 6.07) is 0.811. The molecular weight excluding hydrogens is 236 g/mol. The first-order valence-electron chi connectivity index (χ1n) is 5.52. The maximum atomic E-state index is 11.5. The first kappa shape index (κ1) is 13.9. The van der Waals surface area contributed by atoms with Gasteiger partial charge in [-0.15, -0.1) is 0 Å². The summed E-state index contributed by atoms with van der Waals surface area (Å²) in [5.74, 6) is -1.59. The number of urea groups is 1. The van der Waals surface area contributed by atoms with Crippen molar-refractivity contribution in [3.63, 3.8) is 0 Å². The van der Waals surface area contributed by atoms with E-state index in [1.165, 1.54) is 13.3 Å². The van der Waals surface area contributed by atoms with E-state index in [-0.39, 0.29) is 6.54 Å². The van der Waals surface area contributed by atoms with Gasteiger partial charge in [0.2, 0.25) is 0 Å². The van der Waals surface area contributed by atoms with Gasteiger partial charge < -0.3 is 15.7 Å². The Morgan fingerprint density at radius 3 is 2.72 bits per heavy atom. The second kappa shape index (κ2) is 6.53. The van der Waals surface area contributed by atoms with Crippen LogP contribution in [0.3, 0.4) is 0 Å². The van der Waals surface area contributed by atoms with Gasteiger partial charge in [0.05, 0.1) is 18.2 Å². The van der Waals surface area contributed by atoms with Gasteiger partial charge >= 0.3 is 12.0 Å². The van der Waals surface area contributed by atoms with Gasteiger partial charge in [0.15, 0.2) is 0 Å². The van der Waals surface area contributed by atoms with Crippen LogP contribution >= 0.6 is 0 Å². The Labute approximate surface area is 105 Å². The summed E-state index contributed by atoms with van der Waals surface area (Å²) in [6.45, 7) is 3.45. The molecule has 0 spiro atoms. The molecule has 1 heterocycles. The van der Waals surface area contributed by atoms with Crippen LogP contribution in [0.25, 0.3) is 0 Å². The molecular formula is C11H16N4O3. The number of amides is 2.